The zero-order valence-corrected chi connectivity index (χ0v) is 10.9. The highest BCUT2D eigenvalue weighted by atomic mass is 16.7. The topological polar surface area (TPSA) is 35.5 Å². The van der Waals surface area contributed by atoms with Crippen LogP contribution in [0.1, 0.15) is 33.3 Å². The van der Waals surface area contributed by atoms with Crippen LogP contribution in [0.15, 0.2) is 24.3 Å². The van der Waals surface area contributed by atoms with E-state index in [2.05, 4.69) is 6.92 Å². The number of rotatable bonds is 5. The highest BCUT2D eigenvalue weighted by Gasteiger charge is 2.19. The van der Waals surface area contributed by atoms with Gasteiger partial charge in [0, 0.05) is 0 Å². The molecule has 1 aromatic rings. The van der Waals surface area contributed by atoms with Crippen LogP contribution in [-0.4, -0.2) is 18.2 Å². The summed E-state index contributed by atoms with van der Waals surface area (Å²) in [4.78, 5) is 10.9. The molecule has 0 amide bonds. The van der Waals surface area contributed by atoms with Gasteiger partial charge in [-0.1, -0.05) is 19.1 Å². The lowest BCUT2D eigenvalue weighted by atomic mass is 10.2. The number of carbonyl (C=O) groups is 1. The monoisotopic (exact) mass is 236 g/mol. The van der Waals surface area contributed by atoms with Crippen molar-refractivity contribution in [2.24, 2.45) is 0 Å². The van der Waals surface area contributed by atoms with Gasteiger partial charge in [0.2, 0.25) is 0 Å². The van der Waals surface area contributed by atoms with Gasteiger partial charge in [0.1, 0.15) is 5.75 Å². The lowest BCUT2D eigenvalue weighted by Gasteiger charge is -2.24. The van der Waals surface area contributed by atoms with Crippen LogP contribution in [0.4, 0.5) is 0 Å². The Balaban J connectivity index is 2.64. The number of hydrogen-bond acceptors (Lipinski definition) is 3. The van der Waals surface area contributed by atoms with Crippen molar-refractivity contribution in [2.75, 3.05) is 0 Å². The lowest BCUT2D eigenvalue weighted by molar-refractivity contribution is -0.161. The Morgan fingerprint density at radius 3 is 2.24 bits per heavy atom. The van der Waals surface area contributed by atoms with Gasteiger partial charge in [-0.3, -0.25) is 4.79 Å². The normalized spacial score (nSPS) is 13.2. The molecule has 0 aliphatic heterocycles. The molecule has 0 aromatic heterocycles. The minimum absolute atomic E-state index is 0.408. The van der Waals surface area contributed by atoms with Crippen LogP contribution >= 0.6 is 0 Å². The fourth-order valence-corrected chi connectivity index (χ4v) is 1.37. The van der Waals surface area contributed by atoms with Crippen molar-refractivity contribution in [3.8, 4) is 5.75 Å². The Labute approximate surface area is 103 Å². The van der Waals surface area contributed by atoms with Gasteiger partial charge < -0.3 is 9.47 Å². The molecular formula is C14H20O3. The van der Waals surface area contributed by atoms with Crippen molar-refractivity contribution in [1.82, 2.24) is 0 Å². The molecule has 0 fully saturated rings. The minimum atomic E-state index is -0.859. The summed E-state index contributed by atoms with van der Waals surface area (Å²) < 4.78 is 10.9. The molecule has 0 saturated carbocycles. The van der Waals surface area contributed by atoms with E-state index in [0.29, 0.717) is 12.0 Å². The van der Waals surface area contributed by atoms with Crippen LogP contribution in [0.25, 0.3) is 0 Å². The third-order valence-electron chi connectivity index (χ3n) is 2.16. The molecule has 1 rings (SSSR count). The highest BCUT2D eigenvalue weighted by Crippen LogP contribution is 2.17. The van der Waals surface area contributed by atoms with Crippen LogP contribution in [0.5, 0.6) is 5.75 Å². The molecule has 1 atom stereocenters. The number of ether oxygens (including phenoxy) is 2. The largest absolute Gasteiger partial charge is 0.458 e. The SMILES string of the molecule is CCc1ccc(OC(C=O)OC(C)(C)C)cc1. The van der Waals surface area contributed by atoms with E-state index < -0.39 is 11.9 Å². The van der Waals surface area contributed by atoms with E-state index in [1.807, 2.05) is 45.0 Å². The van der Waals surface area contributed by atoms with Crippen LogP contribution < -0.4 is 4.74 Å². The lowest BCUT2D eigenvalue weighted by Crippen LogP contribution is -2.32. The molecule has 3 nitrogen and oxygen atoms in total. The molecule has 94 valence electrons. The van der Waals surface area contributed by atoms with E-state index in [4.69, 9.17) is 9.47 Å². The molecular weight excluding hydrogens is 216 g/mol. The first-order chi connectivity index (χ1) is 7.94. The maximum atomic E-state index is 10.9. The molecule has 0 saturated heterocycles. The molecule has 0 bridgehead atoms. The third-order valence-corrected chi connectivity index (χ3v) is 2.16. The second-order valence-electron chi connectivity index (χ2n) is 4.85. The van der Waals surface area contributed by atoms with E-state index in [0.717, 1.165) is 6.42 Å². The Hall–Kier alpha value is -1.35. The second kappa shape index (κ2) is 5.82. The van der Waals surface area contributed by atoms with E-state index in [1.165, 1.54) is 5.56 Å². The number of benzene rings is 1. The molecule has 0 aliphatic rings. The summed E-state index contributed by atoms with van der Waals surface area (Å²) in [5, 5.41) is 0. The molecule has 0 N–H and O–H groups in total. The zero-order valence-electron chi connectivity index (χ0n) is 10.9. The van der Waals surface area contributed by atoms with Crippen molar-refractivity contribution in [3.63, 3.8) is 0 Å². The second-order valence-corrected chi connectivity index (χ2v) is 4.85. The summed E-state index contributed by atoms with van der Waals surface area (Å²) in [6, 6.07) is 7.66. The number of aryl methyl sites for hydroxylation is 1. The number of carbonyl (C=O) groups excluding carboxylic acids is 1. The van der Waals surface area contributed by atoms with Gasteiger partial charge in [-0.15, -0.1) is 0 Å². The quantitative estimate of drug-likeness (QED) is 0.582. The maximum Gasteiger partial charge on any atom is 0.257 e. The average Bonchev–Trinajstić information content (AvgIpc) is 2.27. The minimum Gasteiger partial charge on any atom is -0.458 e. The van der Waals surface area contributed by atoms with Gasteiger partial charge in [-0.25, -0.2) is 0 Å². The van der Waals surface area contributed by atoms with Gasteiger partial charge in [0.15, 0.2) is 6.29 Å². The van der Waals surface area contributed by atoms with Crippen molar-refractivity contribution < 1.29 is 14.3 Å². The summed E-state index contributed by atoms with van der Waals surface area (Å²) in [5.41, 5.74) is 0.825. The van der Waals surface area contributed by atoms with Crippen molar-refractivity contribution in [2.45, 2.75) is 46.0 Å². The van der Waals surface area contributed by atoms with Crippen molar-refractivity contribution >= 4 is 6.29 Å². The average molecular weight is 236 g/mol. The summed E-state index contributed by atoms with van der Waals surface area (Å²) in [5.74, 6) is 0.642. The zero-order chi connectivity index (χ0) is 12.9. The number of aldehydes is 1. The fraction of sp³-hybridized carbons (Fsp3) is 0.500. The molecule has 1 unspecified atom stereocenters. The van der Waals surface area contributed by atoms with E-state index in [-0.39, 0.29) is 0 Å². The van der Waals surface area contributed by atoms with E-state index in [9.17, 15) is 4.79 Å². The molecule has 0 spiro atoms. The maximum absolute atomic E-state index is 10.9. The summed E-state index contributed by atoms with van der Waals surface area (Å²) in [7, 11) is 0. The molecule has 0 radical (unpaired) electrons. The van der Waals surface area contributed by atoms with Gasteiger partial charge in [0.05, 0.1) is 5.60 Å². The van der Waals surface area contributed by atoms with Gasteiger partial charge >= 0.3 is 0 Å². The number of hydrogen-bond donors (Lipinski definition) is 0. The van der Waals surface area contributed by atoms with Gasteiger partial charge in [-0.05, 0) is 44.9 Å². The predicted octanol–water partition coefficient (Wildman–Crippen LogP) is 2.97. The van der Waals surface area contributed by atoms with Crippen LogP contribution in [0.2, 0.25) is 0 Å². The molecule has 17 heavy (non-hydrogen) atoms. The fourth-order valence-electron chi connectivity index (χ4n) is 1.37. The first-order valence-electron chi connectivity index (χ1n) is 5.83. The highest BCUT2D eigenvalue weighted by molar-refractivity contribution is 5.54. The van der Waals surface area contributed by atoms with Gasteiger partial charge in [-0.2, -0.15) is 0 Å². The van der Waals surface area contributed by atoms with Crippen molar-refractivity contribution in [3.05, 3.63) is 29.8 Å². The molecule has 3 heteroatoms. The predicted molar refractivity (Wildman–Crippen MR) is 67.1 cm³/mol. The Morgan fingerprint density at radius 2 is 1.82 bits per heavy atom. The van der Waals surface area contributed by atoms with Crippen molar-refractivity contribution in [1.29, 1.82) is 0 Å². The Morgan fingerprint density at radius 1 is 1.24 bits per heavy atom. The summed E-state index contributed by atoms with van der Waals surface area (Å²) in [6.07, 6.45) is 0.789. The summed E-state index contributed by atoms with van der Waals surface area (Å²) >= 11 is 0. The third kappa shape index (κ3) is 5.00. The van der Waals surface area contributed by atoms with Crippen LogP contribution in [-0.2, 0) is 16.0 Å². The van der Waals surface area contributed by atoms with Crippen LogP contribution in [0, 0.1) is 0 Å². The van der Waals surface area contributed by atoms with Gasteiger partial charge in [0.25, 0.3) is 6.29 Å². The summed E-state index contributed by atoms with van der Waals surface area (Å²) in [6.45, 7) is 7.74. The Bertz CT molecular complexity index is 349. The molecule has 0 aliphatic carbocycles. The van der Waals surface area contributed by atoms with Crippen LogP contribution in [0.3, 0.4) is 0 Å². The Kier molecular flexibility index (Phi) is 4.70. The molecule has 0 heterocycles. The first-order valence-corrected chi connectivity index (χ1v) is 5.83. The molecule has 1 aromatic carbocycles. The van der Waals surface area contributed by atoms with E-state index in [1.54, 1.807) is 0 Å². The van der Waals surface area contributed by atoms with E-state index >= 15 is 0 Å². The smallest absolute Gasteiger partial charge is 0.257 e. The standard InChI is InChI=1S/C14H20O3/c1-5-11-6-8-12(9-7-11)16-13(10-15)17-14(2,3)4/h6-10,13H,5H2,1-4H3. The first kappa shape index (κ1) is 13.7.